The van der Waals surface area contributed by atoms with Gasteiger partial charge >= 0.3 is 0 Å². The number of nitrogens with zero attached hydrogens (tertiary/aromatic N) is 1. The van der Waals surface area contributed by atoms with E-state index in [1.165, 1.54) is 19.3 Å². The first kappa shape index (κ1) is 19.1. The van der Waals surface area contributed by atoms with Gasteiger partial charge in [0.15, 0.2) is 17.5 Å². The van der Waals surface area contributed by atoms with Gasteiger partial charge in [0.2, 0.25) is 0 Å². The first-order chi connectivity index (χ1) is 11.2. The molecule has 0 heterocycles. The molecular weight excluding hydrogens is 290 g/mol. The van der Waals surface area contributed by atoms with Crippen LogP contribution in [0.2, 0.25) is 0 Å². The molecule has 0 bridgehead atoms. The molecule has 0 aliphatic rings. The molecule has 0 radical (unpaired) electrons. The number of aromatic hydroxyl groups is 1. The zero-order chi connectivity index (χ0) is 16.9. The Labute approximate surface area is 140 Å². The van der Waals surface area contributed by atoms with E-state index in [9.17, 15) is 5.11 Å². The quantitative estimate of drug-likeness (QED) is 0.352. The lowest BCUT2D eigenvalue weighted by molar-refractivity contribution is 0.373. The third-order valence-electron chi connectivity index (χ3n) is 3.58. The molecule has 0 amide bonds. The van der Waals surface area contributed by atoms with Gasteiger partial charge in [0.1, 0.15) is 0 Å². The van der Waals surface area contributed by atoms with Gasteiger partial charge in [-0.15, -0.1) is 0 Å². The van der Waals surface area contributed by atoms with Crippen LogP contribution in [-0.2, 0) is 6.42 Å². The normalized spacial score (nSPS) is 11.3. The highest BCUT2D eigenvalue weighted by molar-refractivity contribution is 5.79. The molecule has 1 aromatic carbocycles. The second-order valence-electron chi connectivity index (χ2n) is 5.50. The molecule has 3 N–H and O–H groups in total. The van der Waals surface area contributed by atoms with Gasteiger partial charge in [0.05, 0.1) is 7.11 Å². The molecule has 0 fully saturated rings. The molecule has 5 nitrogen and oxygen atoms in total. The van der Waals surface area contributed by atoms with Crippen molar-refractivity contribution in [2.45, 2.75) is 46.0 Å². The maximum Gasteiger partial charge on any atom is 0.191 e. The van der Waals surface area contributed by atoms with Gasteiger partial charge in [0.25, 0.3) is 0 Å². The lowest BCUT2D eigenvalue weighted by atomic mass is 10.1. The van der Waals surface area contributed by atoms with Gasteiger partial charge < -0.3 is 20.5 Å². The Morgan fingerprint density at radius 3 is 2.70 bits per heavy atom. The van der Waals surface area contributed by atoms with Crippen molar-refractivity contribution >= 4 is 5.96 Å². The maximum atomic E-state index is 9.61. The highest BCUT2D eigenvalue weighted by Gasteiger charge is 2.03. The average Bonchev–Trinajstić information content (AvgIpc) is 2.56. The van der Waals surface area contributed by atoms with Crippen LogP contribution in [0.15, 0.2) is 23.2 Å². The molecule has 0 saturated heterocycles. The topological polar surface area (TPSA) is 65.9 Å². The molecule has 1 rings (SSSR count). The predicted octanol–water partition coefficient (Wildman–Crippen LogP) is 3.08. The number of hydrogen-bond acceptors (Lipinski definition) is 3. The highest BCUT2D eigenvalue weighted by atomic mass is 16.5. The Hall–Kier alpha value is -1.91. The van der Waals surface area contributed by atoms with E-state index in [1.54, 1.807) is 13.2 Å². The van der Waals surface area contributed by atoms with Crippen LogP contribution in [0.3, 0.4) is 0 Å². The van der Waals surface area contributed by atoms with Crippen molar-refractivity contribution in [2.24, 2.45) is 4.99 Å². The fourth-order valence-corrected chi connectivity index (χ4v) is 2.27. The second-order valence-corrected chi connectivity index (χ2v) is 5.50. The van der Waals surface area contributed by atoms with Gasteiger partial charge in [0, 0.05) is 19.6 Å². The monoisotopic (exact) mass is 321 g/mol. The van der Waals surface area contributed by atoms with E-state index in [0.29, 0.717) is 5.75 Å². The minimum absolute atomic E-state index is 0.172. The summed E-state index contributed by atoms with van der Waals surface area (Å²) in [5.41, 5.74) is 1.12. The van der Waals surface area contributed by atoms with Crippen molar-refractivity contribution in [3.63, 3.8) is 0 Å². The number of ether oxygens (including phenoxy) is 1. The molecule has 0 unspecified atom stereocenters. The first-order valence-electron chi connectivity index (χ1n) is 8.59. The number of hydrogen-bond donors (Lipinski definition) is 3. The summed E-state index contributed by atoms with van der Waals surface area (Å²) >= 11 is 0. The lowest BCUT2D eigenvalue weighted by Gasteiger charge is -2.12. The minimum Gasteiger partial charge on any atom is -0.504 e. The van der Waals surface area contributed by atoms with E-state index >= 15 is 0 Å². The predicted molar refractivity (Wildman–Crippen MR) is 96.5 cm³/mol. The molecule has 5 heteroatoms. The van der Waals surface area contributed by atoms with Crippen LogP contribution in [-0.4, -0.2) is 37.8 Å². The zero-order valence-corrected chi connectivity index (χ0v) is 14.7. The van der Waals surface area contributed by atoms with Crippen LogP contribution in [0.25, 0.3) is 0 Å². The van der Waals surface area contributed by atoms with E-state index in [2.05, 4.69) is 29.5 Å². The van der Waals surface area contributed by atoms with Crippen molar-refractivity contribution in [3.05, 3.63) is 23.8 Å². The number of rotatable bonds is 10. The Balaban J connectivity index is 2.41. The number of guanidine groups is 1. The van der Waals surface area contributed by atoms with Gasteiger partial charge in [-0.05, 0) is 37.5 Å². The number of benzene rings is 1. The van der Waals surface area contributed by atoms with Crippen LogP contribution < -0.4 is 15.4 Å². The molecule has 1 aromatic rings. The summed E-state index contributed by atoms with van der Waals surface area (Å²) in [6.45, 7) is 6.79. The van der Waals surface area contributed by atoms with Gasteiger partial charge in [-0.1, -0.05) is 32.3 Å². The Bertz CT molecular complexity index is 475. The van der Waals surface area contributed by atoms with Crippen LogP contribution >= 0.6 is 0 Å². The van der Waals surface area contributed by atoms with E-state index in [0.717, 1.165) is 44.0 Å². The van der Waals surface area contributed by atoms with Crippen LogP contribution in [0, 0.1) is 0 Å². The Morgan fingerprint density at radius 1 is 1.17 bits per heavy atom. The van der Waals surface area contributed by atoms with Crippen LogP contribution in [0.5, 0.6) is 11.5 Å². The molecule has 0 aromatic heterocycles. The number of methoxy groups -OCH3 is 1. The number of phenolic OH excluding ortho intramolecular Hbond substituents is 1. The van der Waals surface area contributed by atoms with E-state index in [-0.39, 0.29) is 5.75 Å². The van der Waals surface area contributed by atoms with Gasteiger partial charge in [-0.25, -0.2) is 0 Å². The van der Waals surface area contributed by atoms with Crippen molar-refractivity contribution in [3.8, 4) is 11.5 Å². The second kappa shape index (κ2) is 11.6. The highest BCUT2D eigenvalue weighted by Crippen LogP contribution is 2.26. The van der Waals surface area contributed by atoms with Crippen molar-refractivity contribution in [1.29, 1.82) is 0 Å². The van der Waals surface area contributed by atoms with Crippen molar-refractivity contribution < 1.29 is 9.84 Å². The summed E-state index contributed by atoms with van der Waals surface area (Å²) in [4.78, 5) is 4.59. The van der Waals surface area contributed by atoms with E-state index < -0.39 is 0 Å². The molecular formula is C18H31N3O2. The first-order valence-corrected chi connectivity index (χ1v) is 8.59. The average molecular weight is 321 g/mol. The largest absolute Gasteiger partial charge is 0.504 e. The minimum atomic E-state index is 0.172. The SMILES string of the molecule is CCCCCCN=C(NCC)NCCc1ccc(O)c(OC)c1. The third-order valence-corrected chi connectivity index (χ3v) is 3.58. The lowest BCUT2D eigenvalue weighted by Crippen LogP contribution is -2.38. The molecule has 0 saturated carbocycles. The molecule has 0 aliphatic carbocycles. The standard InChI is InChI=1S/C18H31N3O2/c1-4-6-7-8-12-20-18(19-5-2)21-13-11-15-9-10-16(22)17(14-15)23-3/h9-10,14,22H,4-8,11-13H2,1-3H3,(H2,19,20,21). The summed E-state index contributed by atoms with van der Waals surface area (Å²) in [5, 5.41) is 16.2. The summed E-state index contributed by atoms with van der Waals surface area (Å²) in [7, 11) is 1.56. The van der Waals surface area contributed by atoms with Gasteiger partial charge in [-0.3, -0.25) is 4.99 Å². The van der Waals surface area contributed by atoms with Gasteiger partial charge in [-0.2, -0.15) is 0 Å². The van der Waals surface area contributed by atoms with E-state index in [4.69, 9.17) is 4.74 Å². The third kappa shape index (κ3) is 7.77. The fourth-order valence-electron chi connectivity index (χ4n) is 2.27. The summed E-state index contributed by atoms with van der Waals surface area (Å²) in [6.07, 6.45) is 5.75. The van der Waals surface area contributed by atoms with Crippen LogP contribution in [0.1, 0.15) is 45.1 Å². The number of unbranched alkanes of at least 4 members (excludes halogenated alkanes) is 3. The number of aliphatic imine (C=N–C) groups is 1. The molecule has 0 atom stereocenters. The Morgan fingerprint density at radius 2 is 2.00 bits per heavy atom. The maximum absolute atomic E-state index is 9.61. The summed E-state index contributed by atoms with van der Waals surface area (Å²) in [5.74, 6) is 1.56. The fraction of sp³-hybridized carbons (Fsp3) is 0.611. The van der Waals surface area contributed by atoms with Crippen LogP contribution in [0.4, 0.5) is 0 Å². The molecule has 0 aliphatic heterocycles. The number of nitrogens with one attached hydrogen (secondary N) is 2. The smallest absolute Gasteiger partial charge is 0.191 e. The molecule has 0 spiro atoms. The molecule has 130 valence electrons. The summed E-state index contributed by atoms with van der Waals surface area (Å²) in [6, 6.07) is 5.45. The number of phenols is 1. The Kier molecular flexibility index (Phi) is 9.68. The molecule has 23 heavy (non-hydrogen) atoms. The van der Waals surface area contributed by atoms with E-state index in [1.807, 2.05) is 12.1 Å². The van der Waals surface area contributed by atoms with Crippen molar-refractivity contribution in [1.82, 2.24) is 10.6 Å². The zero-order valence-electron chi connectivity index (χ0n) is 14.7. The summed E-state index contributed by atoms with van der Waals surface area (Å²) < 4.78 is 5.13. The van der Waals surface area contributed by atoms with Crippen molar-refractivity contribution in [2.75, 3.05) is 26.7 Å².